The average Bonchev–Trinajstić information content (AvgIpc) is 2.47. The largest absolute Gasteiger partial charge is 0.393 e. The molecule has 0 saturated heterocycles. The minimum atomic E-state index is -0.00739. The lowest BCUT2D eigenvalue weighted by molar-refractivity contribution is 0.0237. The topological polar surface area (TPSA) is 40.5 Å². The summed E-state index contributed by atoms with van der Waals surface area (Å²) in [7, 11) is 0. The fourth-order valence-electron chi connectivity index (χ4n) is 5.09. The molecule has 2 nitrogen and oxygen atoms in total. The maximum atomic E-state index is 9.69. The van der Waals surface area contributed by atoms with Gasteiger partial charge in [0.15, 0.2) is 0 Å². The molecular formula is C18H32O2. The van der Waals surface area contributed by atoms with Crippen LogP contribution in [0.5, 0.6) is 0 Å². The van der Waals surface area contributed by atoms with E-state index in [1.807, 2.05) is 0 Å². The Labute approximate surface area is 124 Å². The van der Waals surface area contributed by atoms with Crippen LogP contribution in [0.2, 0.25) is 0 Å². The predicted molar refractivity (Wildman–Crippen MR) is 81.4 cm³/mol. The van der Waals surface area contributed by atoms with Gasteiger partial charge in [-0.2, -0.15) is 0 Å². The summed E-state index contributed by atoms with van der Waals surface area (Å²) in [6.45, 7) is 0. The highest BCUT2D eigenvalue weighted by atomic mass is 16.3. The summed E-state index contributed by atoms with van der Waals surface area (Å²) < 4.78 is 0. The van der Waals surface area contributed by atoms with Gasteiger partial charge >= 0.3 is 0 Å². The Morgan fingerprint density at radius 1 is 0.600 bits per heavy atom. The highest BCUT2D eigenvalue weighted by molar-refractivity contribution is 4.90. The monoisotopic (exact) mass is 280 g/mol. The van der Waals surface area contributed by atoms with E-state index in [1.54, 1.807) is 0 Å². The van der Waals surface area contributed by atoms with Crippen molar-refractivity contribution in [1.82, 2.24) is 0 Å². The summed E-state index contributed by atoms with van der Waals surface area (Å²) in [6, 6.07) is 0. The molecule has 0 aromatic carbocycles. The Hall–Kier alpha value is -0.0800. The number of aliphatic hydroxyl groups is 2. The maximum absolute atomic E-state index is 9.69. The van der Waals surface area contributed by atoms with Crippen LogP contribution < -0.4 is 0 Å². The van der Waals surface area contributed by atoms with Crippen molar-refractivity contribution in [2.24, 2.45) is 17.3 Å². The van der Waals surface area contributed by atoms with E-state index >= 15 is 0 Å². The van der Waals surface area contributed by atoms with Gasteiger partial charge in [-0.25, -0.2) is 0 Å². The first-order chi connectivity index (χ1) is 9.65. The van der Waals surface area contributed by atoms with Crippen molar-refractivity contribution in [2.45, 2.75) is 95.7 Å². The second kappa shape index (κ2) is 6.36. The van der Waals surface area contributed by atoms with Crippen LogP contribution in [-0.4, -0.2) is 22.4 Å². The first kappa shape index (κ1) is 14.8. The number of aliphatic hydroxyl groups excluding tert-OH is 2. The summed E-state index contributed by atoms with van der Waals surface area (Å²) in [5, 5.41) is 19.3. The Balaban J connectivity index is 1.42. The lowest BCUT2D eigenvalue weighted by Crippen LogP contribution is -2.34. The predicted octanol–water partition coefficient (Wildman–Crippen LogP) is 4.04. The summed E-state index contributed by atoms with van der Waals surface area (Å²) in [5.41, 5.74) is 0.610. The van der Waals surface area contributed by atoms with Crippen molar-refractivity contribution in [3.05, 3.63) is 0 Å². The van der Waals surface area contributed by atoms with Gasteiger partial charge in [-0.15, -0.1) is 0 Å². The molecule has 0 aromatic heterocycles. The molecule has 3 rings (SSSR count). The summed E-state index contributed by atoms with van der Waals surface area (Å²) in [6.07, 6.45) is 16.3. The fraction of sp³-hybridized carbons (Fsp3) is 1.00. The molecule has 0 unspecified atom stereocenters. The zero-order valence-corrected chi connectivity index (χ0v) is 12.9. The molecule has 3 saturated carbocycles. The third kappa shape index (κ3) is 3.57. The molecule has 2 heteroatoms. The number of hydrogen-bond acceptors (Lipinski definition) is 2. The van der Waals surface area contributed by atoms with Crippen LogP contribution in [0.25, 0.3) is 0 Å². The van der Waals surface area contributed by atoms with E-state index < -0.39 is 0 Å². The van der Waals surface area contributed by atoms with Crippen molar-refractivity contribution in [1.29, 1.82) is 0 Å². The first-order valence-electron chi connectivity index (χ1n) is 9.01. The minimum Gasteiger partial charge on any atom is -0.393 e. The van der Waals surface area contributed by atoms with Crippen molar-refractivity contribution in [3.63, 3.8) is 0 Å². The molecule has 116 valence electrons. The van der Waals surface area contributed by atoms with Crippen molar-refractivity contribution < 1.29 is 10.2 Å². The number of rotatable bonds is 2. The van der Waals surface area contributed by atoms with Crippen LogP contribution in [0.15, 0.2) is 0 Å². The molecule has 0 amide bonds. The molecule has 0 aliphatic heterocycles. The second-order valence-corrected chi connectivity index (χ2v) is 8.08. The SMILES string of the molecule is OC1CCC(CC2CCC3(CCC(O)CC3)CC2)CC1. The van der Waals surface area contributed by atoms with Gasteiger partial charge in [0.05, 0.1) is 12.2 Å². The quantitative estimate of drug-likeness (QED) is 0.801. The van der Waals surface area contributed by atoms with Crippen LogP contribution in [-0.2, 0) is 0 Å². The molecule has 1 spiro atoms. The normalized spacial score (nSPS) is 46.5. The molecule has 3 aliphatic rings. The highest BCUT2D eigenvalue weighted by Crippen LogP contribution is 2.50. The molecule has 3 aliphatic carbocycles. The van der Waals surface area contributed by atoms with E-state index in [0.29, 0.717) is 5.41 Å². The molecule has 0 heterocycles. The third-order valence-electron chi connectivity index (χ3n) is 6.66. The lowest BCUT2D eigenvalue weighted by Gasteiger charge is -2.45. The summed E-state index contributed by atoms with van der Waals surface area (Å²) in [4.78, 5) is 0. The molecule has 3 fully saturated rings. The zero-order chi connectivity index (χ0) is 14.0. The molecule has 0 bridgehead atoms. The molecule has 2 N–H and O–H groups in total. The van der Waals surface area contributed by atoms with Crippen LogP contribution in [0.4, 0.5) is 0 Å². The van der Waals surface area contributed by atoms with Gasteiger partial charge in [0.2, 0.25) is 0 Å². The summed E-state index contributed by atoms with van der Waals surface area (Å²) in [5.74, 6) is 1.85. The van der Waals surface area contributed by atoms with Crippen LogP contribution in [0.1, 0.15) is 83.5 Å². The minimum absolute atomic E-state index is 0.00505. The fourth-order valence-corrected chi connectivity index (χ4v) is 5.09. The van der Waals surface area contributed by atoms with Gasteiger partial charge in [-0.1, -0.05) is 0 Å². The molecule has 0 atom stereocenters. The smallest absolute Gasteiger partial charge is 0.0540 e. The highest BCUT2D eigenvalue weighted by Gasteiger charge is 2.38. The third-order valence-corrected chi connectivity index (χ3v) is 6.66. The summed E-state index contributed by atoms with van der Waals surface area (Å²) >= 11 is 0. The van der Waals surface area contributed by atoms with Gasteiger partial charge in [0.25, 0.3) is 0 Å². The van der Waals surface area contributed by atoms with E-state index in [-0.39, 0.29) is 12.2 Å². The second-order valence-electron chi connectivity index (χ2n) is 8.08. The standard InChI is InChI=1S/C18H32O2/c19-16-3-1-14(2-4-16)13-15-5-9-18(10-6-15)11-7-17(20)8-12-18/h14-17,19-20H,1-13H2. The van der Waals surface area contributed by atoms with Gasteiger partial charge in [-0.3, -0.25) is 0 Å². The van der Waals surface area contributed by atoms with E-state index in [4.69, 9.17) is 0 Å². The molecule has 0 radical (unpaired) electrons. The Kier molecular flexibility index (Phi) is 4.72. The lowest BCUT2D eigenvalue weighted by atomic mass is 9.61. The Bertz CT molecular complexity index is 289. The first-order valence-corrected chi connectivity index (χ1v) is 9.01. The van der Waals surface area contributed by atoms with E-state index in [0.717, 1.165) is 37.5 Å². The van der Waals surface area contributed by atoms with Gasteiger partial charge < -0.3 is 10.2 Å². The van der Waals surface area contributed by atoms with Crippen LogP contribution in [0, 0.1) is 17.3 Å². The zero-order valence-electron chi connectivity index (χ0n) is 12.9. The molecular weight excluding hydrogens is 248 g/mol. The van der Waals surface area contributed by atoms with Gasteiger partial charge in [-0.05, 0) is 101 Å². The van der Waals surface area contributed by atoms with Gasteiger partial charge in [0.1, 0.15) is 0 Å². The average molecular weight is 280 g/mol. The van der Waals surface area contributed by atoms with Crippen molar-refractivity contribution >= 4 is 0 Å². The van der Waals surface area contributed by atoms with E-state index in [9.17, 15) is 10.2 Å². The van der Waals surface area contributed by atoms with Crippen molar-refractivity contribution in [3.8, 4) is 0 Å². The van der Waals surface area contributed by atoms with Gasteiger partial charge in [0, 0.05) is 0 Å². The number of hydrogen-bond donors (Lipinski definition) is 2. The van der Waals surface area contributed by atoms with Crippen molar-refractivity contribution in [2.75, 3.05) is 0 Å². The van der Waals surface area contributed by atoms with E-state index in [1.165, 1.54) is 57.8 Å². The van der Waals surface area contributed by atoms with Crippen LogP contribution >= 0.6 is 0 Å². The molecule has 0 aromatic rings. The Morgan fingerprint density at radius 2 is 1.05 bits per heavy atom. The van der Waals surface area contributed by atoms with E-state index in [2.05, 4.69) is 0 Å². The van der Waals surface area contributed by atoms with Crippen LogP contribution in [0.3, 0.4) is 0 Å². The Morgan fingerprint density at radius 3 is 1.65 bits per heavy atom. The maximum Gasteiger partial charge on any atom is 0.0540 e. The molecule has 20 heavy (non-hydrogen) atoms.